The van der Waals surface area contributed by atoms with Crippen LogP contribution in [0.2, 0.25) is 0 Å². The first-order chi connectivity index (χ1) is 14.7. The SMILES string of the molecule is CNC(=O)c1nn(C2(CC#N)CN(S(=O)(=O)C(C)C)C2)cc1-c1ncnc2[nH]ccc12. The molecule has 11 nitrogen and oxygen atoms in total. The van der Waals surface area contributed by atoms with Gasteiger partial charge in [-0.1, -0.05) is 0 Å². The van der Waals surface area contributed by atoms with E-state index >= 15 is 0 Å². The minimum atomic E-state index is -3.46. The van der Waals surface area contributed by atoms with Crippen LogP contribution in [0.25, 0.3) is 22.3 Å². The molecule has 1 saturated heterocycles. The molecule has 3 aromatic heterocycles. The Morgan fingerprint density at radius 2 is 2.13 bits per heavy atom. The highest BCUT2D eigenvalue weighted by Crippen LogP contribution is 2.37. The number of nitrogens with zero attached hydrogens (tertiary/aromatic N) is 6. The van der Waals surface area contributed by atoms with Crippen LogP contribution in [0.1, 0.15) is 30.8 Å². The van der Waals surface area contributed by atoms with Gasteiger partial charge in [-0.15, -0.1) is 0 Å². The number of aromatic nitrogens is 5. The van der Waals surface area contributed by atoms with Gasteiger partial charge in [0.25, 0.3) is 5.91 Å². The van der Waals surface area contributed by atoms with Crippen LogP contribution < -0.4 is 5.32 Å². The molecule has 0 spiro atoms. The van der Waals surface area contributed by atoms with Gasteiger partial charge in [-0.05, 0) is 19.9 Å². The van der Waals surface area contributed by atoms with Gasteiger partial charge in [-0.2, -0.15) is 14.7 Å². The Hall–Kier alpha value is -3.30. The first-order valence-electron chi connectivity index (χ1n) is 9.70. The number of H-pyrrole nitrogens is 1. The van der Waals surface area contributed by atoms with Gasteiger partial charge in [0.1, 0.15) is 17.5 Å². The molecule has 12 heteroatoms. The highest BCUT2D eigenvalue weighted by molar-refractivity contribution is 7.89. The molecular weight excluding hydrogens is 420 g/mol. The van der Waals surface area contributed by atoms with Crippen molar-refractivity contribution in [2.75, 3.05) is 20.1 Å². The molecule has 0 saturated carbocycles. The maximum atomic E-state index is 12.6. The number of nitrogens with one attached hydrogen (secondary N) is 2. The summed E-state index contributed by atoms with van der Waals surface area (Å²) >= 11 is 0. The highest BCUT2D eigenvalue weighted by Gasteiger charge is 2.51. The minimum absolute atomic E-state index is 0.0504. The zero-order valence-corrected chi connectivity index (χ0v) is 18.1. The second-order valence-corrected chi connectivity index (χ2v) is 10.3. The minimum Gasteiger partial charge on any atom is -0.354 e. The summed E-state index contributed by atoms with van der Waals surface area (Å²) in [4.78, 5) is 24.1. The summed E-state index contributed by atoms with van der Waals surface area (Å²) in [6.45, 7) is 3.45. The predicted molar refractivity (Wildman–Crippen MR) is 112 cm³/mol. The van der Waals surface area contributed by atoms with E-state index in [1.54, 1.807) is 37.0 Å². The largest absolute Gasteiger partial charge is 0.354 e. The lowest BCUT2D eigenvalue weighted by molar-refractivity contribution is 0.0700. The van der Waals surface area contributed by atoms with Crippen LogP contribution in [-0.4, -0.2) is 68.7 Å². The van der Waals surface area contributed by atoms with Crippen molar-refractivity contribution in [3.05, 3.63) is 30.5 Å². The average Bonchev–Trinajstić information content (AvgIpc) is 3.36. The molecule has 31 heavy (non-hydrogen) atoms. The van der Waals surface area contributed by atoms with Gasteiger partial charge in [-0.25, -0.2) is 18.4 Å². The Balaban J connectivity index is 1.82. The Kier molecular flexibility index (Phi) is 5.03. The molecule has 0 aliphatic carbocycles. The lowest BCUT2D eigenvalue weighted by atomic mass is 9.89. The number of aromatic amines is 1. The summed E-state index contributed by atoms with van der Waals surface area (Å²) in [5.74, 6) is -0.408. The molecule has 1 aliphatic rings. The predicted octanol–water partition coefficient (Wildman–Crippen LogP) is 0.844. The lowest BCUT2D eigenvalue weighted by Crippen LogP contribution is -2.65. The third-order valence-corrected chi connectivity index (χ3v) is 7.73. The second-order valence-electron chi connectivity index (χ2n) is 7.80. The summed E-state index contributed by atoms with van der Waals surface area (Å²) < 4.78 is 28.0. The number of carbonyl (C=O) groups excluding carboxylic acids is 1. The molecule has 0 aromatic carbocycles. The molecule has 162 valence electrons. The van der Waals surface area contributed by atoms with Gasteiger partial charge < -0.3 is 10.3 Å². The molecule has 1 aliphatic heterocycles. The van der Waals surface area contributed by atoms with Crippen LogP contribution >= 0.6 is 0 Å². The number of rotatable bonds is 6. The number of hydrogen-bond donors (Lipinski definition) is 2. The summed E-state index contributed by atoms with van der Waals surface area (Å²) in [5.41, 5.74) is 0.904. The topological polar surface area (TPSA) is 150 Å². The van der Waals surface area contributed by atoms with E-state index in [0.29, 0.717) is 16.9 Å². The van der Waals surface area contributed by atoms with E-state index in [9.17, 15) is 18.5 Å². The van der Waals surface area contributed by atoms with Crippen LogP contribution in [0.4, 0.5) is 0 Å². The zero-order valence-electron chi connectivity index (χ0n) is 17.3. The number of sulfonamides is 1. The summed E-state index contributed by atoms with van der Waals surface area (Å²) in [7, 11) is -1.95. The van der Waals surface area contributed by atoms with Gasteiger partial charge in [0.15, 0.2) is 5.69 Å². The molecule has 0 radical (unpaired) electrons. The molecule has 0 bridgehead atoms. The van der Waals surface area contributed by atoms with Crippen LogP contribution in [0.3, 0.4) is 0 Å². The summed E-state index contributed by atoms with van der Waals surface area (Å²) in [5, 5.41) is 16.6. The third-order valence-electron chi connectivity index (χ3n) is 5.56. The van der Waals surface area contributed by atoms with Gasteiger partial charge >= 0.3 is 0 Å². The lowest BCUT2D eigenvalue weighted by Gasteiger charge is -2.48. The Bertz CT molecular complexity index is 1300. The number of hydrogen-bond acceptors (Lipinski definition) is 7. The van der Waals surface area contributed by atoms with Crippen molar-refractivity contribution in [1.82, 2.24) is 34.4 Å². The van der Waals surface area contributed by atoms with Gasteiger partial charge in [0.2, 0.25) is 10.0 Å². The van der Waals surface area contributed by atoms with Crippen molar-refractivity contribution >= 4 is 27.0 Å². The van der Waals surface area contributed by atoms with Crippen molar-refractivity contribution in [1.29, 1.82) is 5.26 Å². The molecule has 3 aromatic rings. The fourth-order valence-electron chi connectivity index (χ4n) is 3.74. The van der Waals surface area contributed by atoms with E-state index in [4.69, 9.17) is 0 Å². The summed E-state index contributed by atoms with van der Waals surface area (Å²) in [6, 6.07) is 3.94. The maximum Gasteiger partial charge on any atom is 0.272 e. The number of nitriles is 1. The molecule has 2 N–H and O–H groups in total. The first-order valence-corrected chi connectivity index (χ1v) is 11.2. The maximum absolute atomic E-state index is 12.6. The molecule has 1 amide bonds. The fourth-order valence-corrected chi connectivity index (χ4v) is 5.17. The van der Waals surface area contributed by atoms with Crippen LogP contribution in [-0.2, 0) is 15.6 Å². The van der Waals surface area contributed by atoms with E-state index in [1.807, 2.05) is 0 Å². The molecule has 4 rings (SSSR count). The van der Waals surface area contributed by atoms with Crippen LogP contribution in [0.5, 0.6) is 0 Å². The van der Waals surface area contributed by atoms with Crippen molar-refractivity contribution < 1.29 is 13.2 Å². The van der Waals surface area contributed by atoms with Gasteiger partial charge in [0, 0.05) is 37.9 Å². The van der Waals surface area contributed by atoms with Crippen molar-refractivity contribution in [2.45, 2.75) is 31.1 Å². The zero-order chi connectivity index (χ0) is 22.4. The van der Waals surface area contributed by atoms with E-state index < -0.39 is 26.7 Å². The molecular formula is C19H22N8O3S. The molecule has 4 heterocycles. The van der Waals surface area contributed by atoms with E-state index in [-0.39, 0.29) is 25.2 Å². The Morgan fingerprint density at radius 1 is 1.39 bits per heavy atom. The Labute approximate surface area is 179 Å². The molecule has 0 unspecified atom stereocenters. The van der Waals surface area contributed by atoms with E-state index in [1.165, 1.54) is 17.7 Å². The monoisotopic (exact) mass is 442 g/mol. The standard InChI is InChI=1S/C19H22N8O3S/c1-12(2)31(29,30)26-9-19(10-26,5-6-20)27-8-14(16(25-27)18(28)21-3)15-13-4-7-22-17(13)24-11-23-15/h4,7-8,11-12H,5,9-10H2,1-3H3,(H,21,28)(H,22,23,24). The van der Waals surface area contributed by atoms with E-state index in [0.717, 1.165) is 5.39 Å². The number of amides is 1. The number of fused-ring (bicyclic) bond motifs is 1. The van der Waals surface area contributed by atoms with E-state index in [2.05, 4.69) is 31.4 Å². The highest BCUT2D eigenvalue weighted by atomic mass is 32.2. The average molecular weight is 443 g/mol. The smallest absolute Gasteiger partial charge is 0.272 e. The van der Waals surface area contributed by atoms with Gasteiger partial charge in [0.05, 0.1) is 29.0 Å². The normalized spacial score (nSPS) is 16.2. The van der Waals surface area contributed by atoms with Crippen molar-refractivity contribution in [3.8, 4) is 17.3 Å². The third kappa shape index (κ3) is 3.26. The molecule has 1 fully saturated rings. The number of carbonyl (C=O) groups is 1. The fraction of sp³-hybridized carbons (Fsp3) is 0.421. The first kappa shape index (κ1) is 21.0. The van der Waals surface area contributed by atoms with Gasteiger partial charge in [-0.3, -0.25) is 9.48 Å². The second kappa shape index (κ2) is 7.44. The van der Waals surface area contributed by atoms with Crippen LogP contribution in [0, 0.1) is 11.3 Å². The van der Waals surface area contributed by atoms with Crippen molar-refractivity contribution in [2.24, 2.45) is 0 Å². The van der Waals surface area contributed by atoms with Crippen LogP contribution in [0.15, 0.2) is 24.8 Å². The Morgan fingerprint density at radius 3 is 2.77 bits per heavy atom. The summed E-state index contributed by atoms with van der Waals surface area (Å²) in [6.07, 6.45) is 4.83. The molecule has 0 atom stereocenters. The van der Waals surface area contributed by atoms with Crippen molar-refractivity contribution in [3.63, 3.8) is 0 Å². The quantitative estimate of drug-likeness (QED) is 0.574.